The molecule has 1 aliphatic rings. The molecule has 0 unspecified atom stereocenters. The van der Waals surface area contributed by atoms with Crippen LogP contribution in [0.1, 0.15) is 18.5 Å². The second-order valence-corrected chi connectivity index (χ2v) is 4.66. The van der Waals surface area contributed by atoms with E-state index >= 15 is 0 Å². The molecule has 1 aromatic heterocycles. The van der Waals surface area contributed by atoms with Crippen LogP contribution in [0.5, 0.6) is 0 Å². The highest BCUT2D eigenvalue weighted by Gasteiger charge is 2.16. The molecule has 18 heavy (non-hydrogen) atoms. The lowest BCUT2D eigenvalue weighted by Gasteiger charge is -2.10. The van der Waals surface area contributed by atoms with Crippen LogP contribution < -0.4 is 0 Å². The number of benzene rings is 1. The predicted octanol–water partition coefficient (Wildman–Crippen LogP) is 4.58. The van der Waals surface area contributed by atoms with E-state index in [4.69, 9.17) is 11.6 Å². The topological polar surface area (TPSA) is 22.0 Å². The fourth-order valence-electron chi connectivity index (χ4n) is 2.40. The van der Waals surface area contributed by atoms with Crippen molar-refractivity contribution in [2.75, 3.05) is 0 Å². The Morgan fingerprint density at radius 2 is 2.11 bits per heavy atom. The summed E-state index contributed by atoms with van der Waals surface area (Å²) in [6.07, 6.45) is 8.15. The maximum Gasteiger partial charge on any atom is 0.325 e. The Morgan fingerprint density at radius 1 is 1.28 bits per heavy atom. The summed E-state index contributed by atoms with van der Waals surface area (Å²) in [7, 11) is 0. The van der Waals surface area contributed by atoms with Gasteiger partial charge < -0.3 is 0 Å². The van der Waals surface area contributed by atoms with Gasteiger partial charge in [0.25, 0.3) is 0 Å². The van der Waals surface area contributed by atoms with E-state index in [9.17, 15) is 4.79 Å². The van der Waals surface area contributed by atoms with Gasteiger partial charge in [-0.3, -0.25) is 9.36 Å². The first-order valence-corrected chi connectivity index (χ1v) is 6.31. The predicted molar refractivity (Wildman–Crippen MR) is 74.9 cm³/mol. The Bertz CT molecular complexity index is 679. The van der Waals surface area contributed by atoms with Crippen LogP contribution in [0.4, 0.5) is 4.79 Å². The third kappa shape index (κ3) is 1.79. The second-order valence-electron chi connectivity index (χ2n) is 4.34. The first-order chi connectivity index (χ1) is 8.77. The monoisotopic (exact) mass is 257 g/mol. The van der Waals surface area contributed by atoms with E-state index in [-0.39, 0.29) is 0 Å². The summed E-state index contributed by atoms with van der Waals surface area (Å²) < 4.78 is 1.59. The number of carbonyl (C=O) groups is 1. The Morgan fingerprint density at radius 3 is 2.83 bits per heavy atom. The van der Waals surface area contributed by atoms with E-state index in [1.54, 1.807) is 4.57 Å². The summed E-state index contributed by atoms with van der Waals surface area (Å²) in [6.45, 7) is 0. The van der Waals surface area contributed by atoms with E-state index in [2.05, 4.69) is 6.08 Å². The number of nitrogens with zero attached hydrogens (tertiary/aromatic N) is 1. The second kappa shape index (κ2) is 4.46. The SMILES string of the molecule is O=C(Cl)n1c(C2=CC=CCC2)cc2ccccc21. The molecule has 1 heterocycles. The van der Waals surface area contributed by atoms with Crippen LogP contribution in [-0.2, 0) is 0 Å². The van der Waals surface area contributed by atoms with Gasteiger partial charge in [-0.2, -0.15) is 0 Å². The number of hydrogen-bond acceptors (Lipinski definition) is 1. The van der Waals surface area contributed by atoms with E-state index in [0.29, 0.717) is 0 Å². The van der Waals surface area contributed by atoms with Gasteiger partial charge in [0.2, 0.25) is 0 Å². The molecule has 0 saturated carbocycles. The van der Waals surface area contributed by atoms with Gasteiger partial charge in [0.1, 0.15) is 0 Å². The number of aromatic nitrogens is 1. The molecule has 0 radical (unpaired) electrons. The molecule has 2 nitrogen and oxygen atoms in total. The maximum atomic E-state index is 11.7. The lowest BCUT2D eigenvalue weighted by Crippen LogP contribution is -2.06. The Labute approximate surface area is 110 Å². The number of para-hydroxylation sites is 1. The lowest BCUT2D eigenvalue weighted by atomic mass is 10.0. The van der Waals surface area contributed by atoms with E-state index in [1.165, 1.54) is 0 Å². The summed E-state index contributed by atoms with van der Waals surface area (Å²) in [5.74, 6) is 0. The Balaban J connectivity index is 2.28. The standard InChI is InChI=1S/C15H12ClNO/c16-15(18)17-13-9-5-4-8-12(13)10-14(17)11-6-2-1-3-7-11/h1-2,4-6,8-10H,3,7H2. The van der Waals surface area contributed by atoms with Crippen LogP contribution in [-0.4, -0.2) is 9.93 Å². The van der Waals surface area contributed by atoms with Crippen molar-refractivity contribution < 1.29 is 4.79 Å². The minimum atomic E-state index is -0.457. The molecule has 2 aromatic rings. The van der Waals surface area contributed by atoms with E-state index in [1.807, 2.05) is 42.5 Å². The van der Waals surface area contributed by atoms with Gasteiger partial charge in [-0.1, -0.05) is 36.4 Å². The minimum Gasteiger partial charge on any atom is -0.267 e. The summed E-state index contributed by atoms with van der Waals surface area (Å²) in [6, 6.07) is 9.81. The highest BCUT2D eigenvalue weighted by molar-refractivity contribution is 6.64. The van der Waals surface area contributed by atoms with Crippen molar-refractivity contribution >= 4 is 33.4 Å². The number of fused-ring (bicyclic) bond motifs is 1. The average molecular weight is 258 g/mol. The van der Waals surface area contributed by atoms with Crippen LogP contribution in [0.15, 0.2) is 48.6 Å². The summed E-state index contributed by atoms with van der Waals surface area (Å²) in [5, 5.41) is 0.582. The molecule has 0 atom stereocenters. The molecular weight excluding hydrogens is 246 g/mol. The van der Waals surface area contributed by atoms with E-state index in [0.717, 1.165) is 35.0 Å². The first kappa shape index (κ1) is 11.3. The van der Waals surface area contributed by atoms with Crippen molar-refractivity contribution in [1.29, 1.82) is 0 Å². The van der Waals surface area contributed by atoms with Gasteiger partial charge in [-0.25, -0.2) is 0 Å². The highest BCUT2D eigenvalue weighted by atomic mass is 35.5. The third-order valence-electron chi connectivity index (χ3n) is 3.23. The van der Waals surface area contributed by atoms with Crippen LogP contribution in [0.25, 0.3) is 16.5 Å². The van der Waals surface area contributed by atoms with Crippen LogP contribution in [0.2, 0.25) is 0 Å². The fraction of sp³-hybridized carbons (Fsp3) is 0.133. The number of carbonyl (C=O) groups excluding carboxylic acids is 1. The smallest absolute Gasteiger partial charge is 0.267 e. The minimum absolute atomic E-state index is 0.457. The molecule has 0 fully saturated rings. The third-order valence-corrected chi connectivity index (χ3v) is 3.40. The van der Waals surface area contributed by atoms with Crippen molar-refractivity contribution in [3.05, 3.63) is 54.3 Å². The largest absolute Gasteiger partial charge is 0.325 e. The zero-order chi connectivity index (χ0) is 12.5. The fourth-order valence-corrected chi connectivity index (χ4v) is 2.58. The van der Waals surface area contributed by atoms with Crippen LogP contribution >= 0.6 is 11.6 Å². The van der Waals surface area contributed by atoms with Gasteiger partial charge in [0, 0.05) is 5.39 Å². The Hall–Kier alpha value is -1.80. The van der Waals surface area contributed by atoms with Crippen molar-refractivity contribution in [2.24, 2.45) is 0 Å². The normalized spacial score (nSPS) is 14.8. The summed E-state index contributed by atoms with van der Waals surface area (Å²) in [5.41, 5.74) is 2.92. The molecule has 1 aliphatic carbocycles. The Kier molecular flexibility index (Phi) is 2.80. The molecule has 3 rings (SSSR count). The average Bonchev–Trinajstić information content (AvgIpc) is 2.79. The van der Waals surface area contributed by atoms with Gasteiger partial charge in [-0.15, -0.1) is 0 Å². The number of halogens is 1. The molecule has 0 N–H and O–H groups in total. The first-order valence-electron chi connectivity index (χ1n) is 5.94. The van der Waals surface area contributed by atoms with Crippen molar-refractivity contribution in [1.82, 2.24) is 4.57 Å². The molecule has 3 heteroatoms. The molecule has 0 amide bonds. The molecule has 0 aliphatic heterocycles. The molecule has 0 saturated heterocycles. The van der Waals surface area contributed by atoms with Crippen molar-refractivity contribution in [3.63, 3.8) is 0 Å². The number of allylic oxidation sites excluding steroid dienone is 4. The summed E-state index contributed by atoms with van der Waals surface area (Å²) >= 11 is 5.73. The van der Waals surface area contributed by atoms with Gasteiger partial charge in [0.15, 0.2) is 0 Å². The maximum absolute atomic E-state index is 11.7. The quantitative estimate of drug-likeness (QED) is 0.686. The molecule has 1 aromatic carbocycles. The highest BCUT2D eigenvalue weighted by Crippen LogP contribution is 2.30. The van der Waals surface area contributed by atoms with E-state index < -0.39 is 5.37 Å². The summed E-state index contributed by atoms with van der Waals surface area (Å²) in [4.78, 5) is 11.7. The lowest BCUT2D eigenvalue weighted by molar-refractivity contribution is 0.261. The van der Waals surface area contributed by atoms with Crippen molar-refractivity contribution in [3.8, 4) is 0 Å². The van der Waals surface area contributed by atoms with Crippen molar-refractivity contribution in [2.45, 2.75) is 12.8 Å². The van der Waals surface area contributed by atoms with Gasteiger partial charge in [0.05, 0.1) is 11.2 Å². The van der Waals surface area contributed by atoms with Gasteiger partial charge in [-0.05, 0) is 42.1 Å². The zero-order valence-corrected chi connectivity index (χ0v) is 10.5. The molecule has 0 spiro atoms. The number of hydrogen-bond donors (Lipinski definition) is 0. The van der Waals surface area contributed by atoms with Crippen LogP contribution in [0, 0.1) is 0 Å². The molecule has 90 valence electrons. The molecule has 0 bridgehead atoms. The zero-order valence-electron chi connectivity index (χ0n) is 9.77. The van der Waals surface area contributed by atoms with Gasteiger partial charge >= 0.3 is 5.37 Å². The number of rotatable bonds is 1. The van der Waals surface area contributed by atoms with Crippen LogP contribution in [0.3, 0.4) is 0 Å². The molecular formula is C15H12ClNO.